The number of carbonyl (C=O) groups excluding carboxylic acids is 1. The molecule has 0 fully saturated rings. The van der Waals surface area contributed by atoms with Gasteiger partial charge in [0, 0.05) is 17.7 Å². The second-order valence-electron chi connectivity index (χ2n) is 5.13. The smallest absolute Gasteiger partial charge is 0.251 e. The highest BCUT2D eigenvalue weighted by molar-refractivity contribution is 5.94. The standard InChI is InChI=1S/C16H18F2N4O2/c1-8-3-4-13(19)14(22-20)10(8)7-21-16(23)9-5-11(17)15(24-2)12(18)6-9/h3-6,22H,7,19-20H2,1-2H3,(H,21,23). The molecule has 0 bridgehead atoms. The third-order valence-corrected chi connectivity index (χ3v) is 3.61. The van der Waals surface area contributed by atoms with Crippen molar-refractivity contribution in [2.45, 2.75) is 13.5 Å². The van der Waals surface area contributed by atoms with Crippen LogP contribution in [-0.4, -0.2) is 13.0 Å². The largest absolute Gasteiger partial charge is 0.491 e. The molecule has 1 amide bonds. The number of ether oxygens (including phenoxy) is 1. The first-order chi connectivity index (χ1) is 11.4. The molecule has 0 saturated heterocycles. The highest BCUT2D eigenvalue weighted by atomic mass is 19.1. The van der Waals surface area contributed by atoms with E-state index in [1.54, 1.807) is 12.1 Å². The Morgan fingerprint density at radius 1 is 1.25 bits per heavy atom. The number of aryl methyl sites for hydroxylation is 1. The van der Waals surface area contributed by atoms with E-state index in [4.69, 9.17) is 11.6 Å². The van der Waals surface area contributed by atoms with Gasteiger partial charge >= 0.3 is 0 Å². The van der Waals surface area contributed by atoms with E-state index >= 15 is 0 Å². The van der Waals surface area contributed by atoms with Crippen LogP contribution in [-0.2, 0) is 6.54 Å². The Kier molecular flexibility index (Phi) is 5.20. The lowest BCUT2D eigenvalue weighted by Crippen LogP contribution is -2.25. The molecule has 0 aliphatic rings. The van der Waals surface area contributed by atoms with Gasteiger partial charge in [-0.15, -0.1) is 0 Å². The van der Waals surface area contributed by atoms with Gasteiger partial charge in [-0.05, 0) is 30.7 Å². The molecule has 2 aromatic rings. The quantitative estimate of drug-likeness (QED) is 0.380. The van der Waals surface area contributed by atoms with Gasteiger partial charge in [0.15, 0.2) is 17.4 Å². The SMILES string of the molecule is COc1c(F)cc(C(=O)NCc2c(C)ccc(N)c2NN)cc1F. The first kappa shape index (κ1) is 17.5. The number of anilines is 2. The summed E-state index contributed by atoms with van der Waals surface area (Å²) >= 11 is 0. The Morgan fingerprint density at radius 2 is 1.88 bits per heavy atom. The van der Waals surface area contributed by atoms with Gasteiger partial charge in [0.05, 0.1) is 18.5 Å². The molecule has 0 aliphatic carbocycles. The maximum absolute atomic E-state index is 13.7. The lowest BCUT2D eigenvalue weighted by atomic mass is 10.0. The number of halogens is 2. The fourth-order valence-electron chi connectivity index (χ4n) is 2.33. The zero-order chi connectivity index (χ0) is 17.9. The van der Waals surface area contributed by atoms with Gasteiger partial charge in [-0.2, -0.15) is 0 Å². The molecule has 6 nitrogen and oxygen atoms in total. The fraction of sp³-hybridized carbons (Fsp3) is 0.188. The summed E-state index contributed by atoms with van der Waals surface area (Å²) < 4.78 is 31.9. The summed E-state index contributed by atoms with van der Waals surface area (Å²) in [7, 11) is 1.14. The molecule has 0 heterocycles. The van der Waals surface area contributed by atoms with Crippen LogP contribution in [0.3, 0.4) is 0 Å². The van der Waals surface area contributed by atoms with Crippen LogP contribution in [0.2, 0.25) is 0 Å². The number of nitrogens with one attached hydrogen (secondary N) is 2. The number of carbonyl (C=O) groups is 1. The Labute approximate surface area is 137 Å². The predicted molar refractivity (Wildman–Crippen MR) is 87.5 cm³/mol. The molecule has 0 unspecified atom stereocenters. The van der Waals surface area contributed by atoms with E-state index in [0.29, 0.717) is 16.9 Å². The highest BCUT2D eigenvalue weighted by Gasteiger charge is 2.16. The van der Waals surface area contributed by atoms with Crippen LogP contribution in [0.25, 0.3) is 0 Å². The Balaban J connectivity index is 2.22. The highest BCUT2D eigenvalue weighted by Crippen LogP contribution is 2.26. The average Bonchev–Trinajstić information content (AvgIpc) is 2.54. The van der Waals surface area contributed by atoms with E-state index in [-0.39, 0.29) is 12.1 Å². The molecule has 0 spiro atoms. The van der Waals surface area contributed by atoms with Crippen molar-refractivity contribution < 1.29 is 18.3 Å². The van der Waals surface area contributed by atoms with E-state index < -0.39 is 23.3 Å². The molecule has 0 radical (unpaired) electrons. The second kappa shape index (κ2) is 7.14. The molecule has 0 atom stereocenters. The minimum atomic E-state index is -0.952. The molecule has 2 rings (SSSR count). The zero-order valence-electron chi connectivity index (χ0n) is 13.2. The van der Waals surface area contributed by atoms with E-state index in [0.717, 1.165) is 24.8 Å². The van der Waals surface area contributed by atoms with Crippen molar-refractivity contribution in [2.24, 2.45) is 5.84 Å². The number of nitrogens with two attached hydrogens (primary N) is 2. The third kappa shape index (κ3) is 3.38. The van der Waals surface area contributed by atoms with Crippen LogP contribution in [0.4, 0.5) is 20.2 Å². The van der Waals surface area contributed by atoms with Gasteiger partial charge in [0.1, 0.15) is 0 Å². The first-order valence-corrected chi connectivity index (χ1v) is 7.04. The summed E-state index contributed by atoms with van der Waals surface area (Å²) in [4.78, 5) is 12.1. The molecule has 0 aliphatic heterocycles. The van der Waals surface area contributed by atoms with Gasteiger partial charge in [-0.3, -0.25) is 10.6 Å². The molecular weight excluding hydrogens is 318 g/mol. The van der Waals surface area contributed by atoms with Crippen molar-refractivity contribution in [2.75, 3.05) is 18.3 Å². The lowest BCUT2D eigenvalue weighted by molar-refractivity contribution is 0.0950. The maximum Gasteiger partial charge on any atom is 0.251 e. The van der Waals surface area contributed by atoms with Crippen LogP contribution in [0.15, 0.2) is 24.3 Å². The van der Waals surface area contributed by atoms with Gasteiger partial charge in [0.2, 0.25) is 0 Å². The summed E-state index contributed by atoms with van der Waals surface area (Å²) in [6, 6.07) is 5.28. The summed E-state index contributed by atoms with van der Waals surface area (Å²) in [6.07, 6.45) is 0. The van der Waals surface area contributed by atoms with Gasteiger partial charge < -0.3 is 21.2 Å². The van der Waals surface area contributed by atoms with Crippen LogP contribution in [0.5, 0.6) is 5.75 Å². The number of benzene rings is 2. The molecule has 0 aromatic heterocycles. The van der Waals surface area contributed by atoms with Crippen LogP contribution in [0, 0.1) is 18.6 Å². The summed E-state index contributed by atoms with van der Waals surface area (Å²) in [5, 5.41) is 2.59. The average molecular weight is 336 g/mol. The molecular formula is C16H18F2N4O2. The second-order valence-corrected chi connectivity index (χ2v) is 5.13. The van der Waals surface area contributed by atoms with E-state index in [9.17, 15) is 13.6 Å². The van der Waals surface area contributed by atoms with Crippen molar-refractivity contribution in [3.8, 4) is 5.75 Å². The van der Waals surface area contributed by atoms with Crippen molar-refractivity contribution in [3.05, 3.63) is 52.6 Å². The molecule has 0 saturated carbocycles. The maximum atomic E-state index is 13.7. The van der Waals surface area contributed by atoms with E-state index in [1.165, 1.54) is 0 Å². The van der Waals surface area contributed by atoms with Gasteiger partial charge in [-0.25, -0.2) is 8.78 Å². The Morgan fingerprint density at radius 3 is 2.42 bits per heavy atom. The summed E-state index contributed by atoms with van der Waals surface area (Å²) in [5.41, 5.74) is 10.6. The monoisotopic (exact) mass is 336 g/mol. The van der Waals surface area contributed by atoms with E-state index in [1.807, 2.05) is 6.92 Å². The normalized spacial score (nSPS) is 10.4. The summed E-state index contributed by atoms with van der Waals surface area (Å²) in [6.45, 7) is 1.92. The number of hydrogen-bond acceptors (Lipinski definition) is 5. The number of amides is 1. The minimum Gasteiger partial charge on any atom is -0.491 e. The van der Waals surface area contributed by atoms with Crippen molar-refractivity contribution in [1.82, 2.24) is 5.32 Å². The fourth-order valence-corrected chi connectivity index (χ4v) is 2.33. The third-order valence-electron chi connectivity index (χ3n) is 3.61. The van der Waals surface area contributed by atoms with Crippen LogP contribution < -0.4 is 27.1 Å². The molecule has 24 heavy (non-hydrogen) atoms. The molecule has 8 heteroatoms. The number of hydrazine groups is 1. The minimum absolute atomic E-state index is 0.0878. The molecule has 128 valence electrons. The first-order valence-electron chi connectivity index (χ1n) is 7.04. The van der Waals surface area contributed by atoms with Crippen molar-refractivity contribution in [3.63, 3.8) is 0 Å². The van der Waals surface area contributed by atoms with Crippen LogP contribution >= 0.6 is 0 Å². The predicted octanol–water partition coefficient (Wildman–Crippen LogP) is 2.08. The number of nitrogen functional groups attached to an aromatic ring is 2. The van der Waals surface area contributed by atoms with E-state index in [2.05, 4.69) is 15.5 Å². The van der Waals surface area contributed by atoms with Crippen molar-refractivity contribution >= 4 is 17.3 Å². The molecule has 6 N–H and O–H groups in total. The number of rotatable bonds is 5. The molecule has 2 aromatic carbocycles. The number of hydrogen-bond donors (Lipinski definition) is 4. The van der Waals surface area contributed by atoms with Gasteiger partial charge in [-0.1, -0.05) is 6.07 Å². The topological polar surface area (TPSA) is 102 Å². The Hall–Kier alpha value is -2.87. The lowest BCUT2D eigenvalue weighted by Gasteiger charge is -2.15. The Bertz CT molecular complexity index is 758. The van der Waals surface area contributed by atoms with Gasteiger partial charge in [0.25, 0.3) is 5.91 Å². The van der Waals surface area contributed by atoms with Crippen molar-refractivity contribution in [1.29, 1.82) is 0 Å². The summed E-state index contributed by atoms with van der Waals surface area (Å²) in [5.74, 6) is 2.38. The number of methoxy groups -OCH3 is 1. The zero-order valence-corrected chi connectivity index (χ0v) is 13.2. The van der Waals surface area contributed by atoms with Crippen LogP contribution in [0.1, 0.15) is 21.5 Å².